The molecule has 0 radical (unpaired) electrons. The van der Waals surface area contributed by atoms with Gasteiger partial charge in [0.15, 0.2) is 15.7 Å². The Labute approximate surface area is 156 Å². The van der Waals surface area contributed by atoms with Gasteiger partial charge in [-0.3, -0.25) is 9.50 Å². The van der Waals surface area contributed by atoms with Crippen LogP contribution >= 0.6 is 0 Å². The monoisotopic (exact) mass is 382 g/mol. The number of H-pyrrole nitrogens is 1. The number of hydrogen-bond donors (Lipinski definition) is 2. The molecule has 1 aromatic carbocycles. The number of aromatic nitrogens is 5. The van der Waals surface area contributed by atoms with Crippen molar-refractivity contribution in [2.75, 3.05) is 11.6 Å². The molecule has 9 heteroatoms. The molecule has 4 rings (SSSR count). The second-order valence-electron chi connectivity index (χ2n) is 6.44. The number of sulfone groups is 1. The summed E-state index contributed by atoms with van der Waals surface area (Å²) in [6.07, 6.45) is 3.06. The smallest absolute Gasteiger partial charge is 0.215 e. The van der Waals surface area contributed by atoms with E-state index in [0.29, 0.717) is 28.7 Å². The molecule has 3 aromatic heterocycles. The summed E-state index contributed by atoms with van der Waals surface area (Å²) in [5.74, 6) is 1.18. The van der Waals surface area contributed by atoms with Crippen LogP contribution in [-0.2, 0) is 9.84 Å². The number of aryl methyl sites for hydroxylation is 2. The van der Waals surface area contributed by atoms with Crippen molar-refractivity contribution in [1.82, 2.24) is 24.6 Å². The molecule has 0 saturated carbocycles. The number of hydrogen-bond acceptors (Lipinski definition) is 6. The number of nitrogens with one attached hydrogen (secondary N) is 2. The Balaban J connectivity index is 1.87. The van der Waals surface area contributed by atoms with Crippen molar-refractivity contribution in [2.45, 2.75) is 18.7 Å². The highest BCUT2D eigenvalue weighted by Crippen LogP contribution is 2.25. The fourth-order valence-corrected chi connectivity index (χ4v) is 3.50. The molecule has 8 nitrogen and oxygen atoms in total. The van der Waals surface area contributed by atoms with Crippen molar-refractivity contribution in [1.29, 1.82) is 0 Å². The van der Waals surface area contributed by atoms with E-state index in [0.717, 1.165) is 11.4 Å². The van der Waals surface area contributed by atoms with Crippen LogP contribution < -0.4 is 5.32 Å². The van der Waals surface area contributed by atoms with Crippen molar-refractivity contribution >= 4 is 27.3 Å². The highest BCUT2D eigenvalue weighted by molar-refractivity contribution is 7.90. The van der Waals surface area contributed by atoms with E-state index in [2.05, 4.69) is 25.5 Å². The minimum Gasteiger partial charge on any atom is -0.308 e. The number of benzene rings is 1. The van der Waals surface area contributed by atoms with Gasteiger partial charge in [0.25, 0.3) is 0 Å². The van der Waals surface area contributed by atoms with Crippen LogP contribution in [0.2, 0.25) is 0 Å². The third kappa shape index (κ3) is 3.41. The largest absolute Gasteiger partial charge is 0.308 e. The Morgan fingerprint density at radius 1 is 1.11 bits per heavy atom. The molecular weight excluding hydrogens is 364 g/mol. The normalized spacial score (nSPS) is 11.8. The Kier molecular flexibility index (Phi) is 3.96. The lowest BCUT2D eigenvalue weighted by molar-refractivity contribution is 0.602. The predicted octanol–water partition coefficient (Wildman–Crippen LogP) is 2.88. The van der Waals surface area contributed by atoms with E-state index in [4.69, 9.17) is 0 Å². The predicted molar refractivity (Wildman–Crippen MR) is 103 cm³/mol. The number of nitrogens with zero attached hydrogens (tertiary/aromatic N) is 4. The van der Waals surface area contributed by atoms with Crippen LogP contribution in [0, 0.1) is 13.8 Å². The second-order valence-corrected chi connectivity index (χ2v) is 8.45. The van der Waals surface area contributed by atoms with Gasteiger partial charge in [-0.2, -0.15) is 5.10 Å². The van der Waals surface area contributed by atoms with E-state index in [1.165, 1.54) is 6.26 Å². The molecule has 0 unspecified atom stereocenters. The Morgan fingerprint density at radius 3 is 2.63 bits per heavy atom. The van der Waals surface area contributed by atoms with Gasteiger partial charge in [0.1, 0.15) is 5.65 Å². The Hall–Kier alpha value is -3.20. The van der Waals surface area contributed by atoms with Crippen molar-refractivity contribution in [3.8, 4) is 11.3 Å². The molecular formula is C18H18N6O2S. The minimum absolute atomic E-state index is 0.249. The van der Waals surface area contributed by atoms with Gasteiger partial charge in [-0.25, -0.2) is 18.4 Å². The maximum absolute atomic E-state index is 11.9. The first-order valence-corrected chi connectivity index (χ1v) is 10.1. The molecule has 0 amide bonds. The first-order valence-electron chi connectivity index (χ1n) is 8.26. The zero-order valence-corrected chi connectivity index (χ0v) is 15.9. The van der Waals surface area contributed by atoms with Crippen LogP contribution in [0.3, 0.4) is 0 Å². The zero-order valence-electron chi connectivity index (χ0n) is 15.1. The van der Waals surface area contributed by atoms with Gasteiger partial charge >= 0.3 is 0 Å². The highest BCUT2D eigenvalue weighted by Gasteiger charge is 2.13. The van der Waals surface area contributed by atoms with Gasteiger partial charge in [-0.15, -0.1) is 0 Å². The fourth-order valence-electron chi connectivity index (χ4n) is 2.83. The van der Waals surface area contributed by atoms with Gasteiger partial charge in [0.05, 0.1) is 16.3 Å². The van der Waals surface area contributed by atoms with E-state index < -0.39 is 9.84 Å². The van der Waals surface area contributed by atoms with Crippen molar-refractivity contribution < 1.29 is 8.42 Å². The molecule has 0 bridgehead atoms. The number of fused-ring (bicyclic) bond motifs is 1. The van der Waals surface area contributed by atoms with Crippen molar-refractivity contribution in [2.24, 2.45) is 0 Å². The second kappa shape index (κ2) is 6.20. The Bertz CT molecular complexity index is 1260. The van der Waals surface area contributed by atoms with E-state index >= 15 is 0 Å². The van der Waals surface area contributed by atoms with Gasteiger partial charge in [0.2, 0.25) is 5.95 Å². The molecule has 3 heterocycles. The summed E-state index contributed by atoms with van der Waals surface area (Å²) in [7, 11) is -3.31. The molecule has 0 aliphatic heterocycles. The van der Waals surface area contributed by atoms with E-state index in [1.807, 2.05) is 42.6 Å². The molecule has 4 aromatic rings. The molecule has 0 spiro atoms. The van der Waals surface area contributed by atoms with Crippen LogP contribution in [0.5, 0.6) is 0 Å². The Morgan fingerprint density at radius 2 is 1.93 bits per heavy atom. The zero-order chi connectivity index (χ0) is 19.2. The molecule has 27 heavy (non-hydrogen) atoms. The summed E-state index contributed by atoms with van der Waals surface area (Å²) >= 11 is 0. The topological polar surface area (TPSA) is 105 Å². The highest BCUT2D eigenvalue weighted by atomic mass is 32.2. The maximum Gasteiger partial charge on any atom is 0.215 e. The molecule has 0 saturated heterocycles. The lowest BCUT2D eigenvalue weighted by Crippen LogP contribution is -2.03. The SMILES string of the molecule is Cc1cn2c(Nc3cc(C)[nH]n3)nc(-c3cccc(S(C)(=O)=O)c3)cc2n1. The molecule has 0 fully saturated rings. The number of imidazole rings is 1. The number of anilines is 2. The molecule has 138 valence electrons. The molecule has 2 N–H and O–H groups in total. The first-order chi connectivity index (χ1) is 12.8. The summed E-state index contributed by atoms with van der Waals surface area (Å²) in [6.45, 7) is 3.81. The van der Waals surface area contributed by atoms with Gasteiger partial charge in [-0.1, -0.05) is 12.1 Å². The minimum atomic E-state index is -3.31. The van der Waals surface area contributed by atoms with Gasteiger partial charge in [-0.05, 0) is 26.0 Å². The summed E-state index contributed by atoms with van der Waals surface area (Å²) in [5, 5.41) is 10.3. The van der Waals surface area contributed by atoms with Crippen LogP contribution in [0.1, 0.15) is 11.4 Å². The van der Waals surface area contributed by atoms with Crippen LogP contribution in [0.15, 0.2) is 47.5 Å². The molecule has 0 aliphatic carbocycles. The van der Waals surface area contributed by atoms with Crippen LogP contribution in [-0.4, -0.2) is 39.2 Å². The third-order valence-electron chi connectivity index (χ3n) is 4.08. The van der Waals surface area contributed by atoms with Crippen LogP contribution in [0.4, 0.5) is 11.8 Å². The van der Waals surface area contributed by atoms with E-state index in [1.54, 1.807) is 18.2 Å². The average Bonchev–Trinajstić information content (AvgIpc) is 3.19. The lowest BCUT2D eigenvalue weighted by atomic mass is 10.1. The third-order valence-corrected chi connectivity index (χ3v) is 5.19. The summed E-state index contributed by atoms with van der Waals surface area (Å²) in [5.41, 5.74) is 3.79. The van der Waals surface area contributed by atoms with Crippen molar-refractivity contribution in [3.63, 3.8) is 0 Å². The number of rotatable bonds is 4. The van der Waals surface area contributed by atoms with E-state index in [-0.39, 0.29) is 4.90 Å². The lowest BCUT2D eigenvalue weighted by Gasteiger charge is -2.09. The standard InChI is InChI=1S/C18H18N6O2S/c1-11-7-16(23-22-11)21-18-20-15(9-17-19-12(2)10-24(17)18)13-5-4-6-14(8-13)27(3,25)26/h4-10H,1-3H3,(H2,20,21,22,23). The molecule has 0 atom stereocenters. The quantitative estimate of drug-likeness (QED) is 0.562. The van der Waals surface area contributed by atoms with Gasteiger partial charge < -0.3 is 5.32 Å². The maximum atomic E-state index is 11.9. The summed E-state index contributed by atoms with van der Waals surface area (Å²) in [4.78, 5) is 9.44. The average molecular weight is 382 g/mol. The van der Waals surface area contributed by atoms with E-state index in [9.17, 15) is 8.42 Å². The number of aromatic amines is 1. The molecule has 0 aliphatic rings. The fraction of sp³-hybridized carbons (Fsp3) is 0.167. The van der Waals surface area contributed by atoms with Crippen LogP contribution in [0.25, 0.3) is 16.9 Å². The summed E-state index contributed by atoms with van der Waals surface area (Å²) in [6, 6.07) is 10.4. The van der Waals surface area contributed by atoms with Gasteiger partial charge in [0, 0.05) is 35.8 Å². The first kappa shape index (κ1) is 17.2. The summed E-state index contributed by atoms with van der Waals surface area (Å²) < 4.78 is 25.6. The van der Waals surface area contributed by atoms with Crippen molar-refractivity contribution in [3.05, 3.63) is 54.0 Å².